The standard InChI is InChI=1S/C22H24ClF2NO3/c1-22(26-21(27)9-10-28-2)12-19(14-3-6-16(24)7-4-14)29-20(13-22)15-5-8-18(25)17(23)11-15/h3-8,11,19-20H,9-10,12-13H2,1-2H3,(H,26,27)/t19-,20+,22-/m0/s1. The summed E-state index contributed by atoms with van der Waals surface area (Å²) in [5.41, 5.74) is 0.954. The Bertz CT molecular complexity index is 862. The average molecular weight is 424 g/mol. The van der Waals surface area contributed by atoms with E-state index in [2.05, 4.69) is 5.32 Å². The molecule has 2 aromatic carbocycles. The number of carbonyl (C=O) groups is 1. The highest BCUT2D eigenvalue weighted by atomic mass is 35.5. The summed E-state index contributed by atoms with van der Waals surface area (Å²) in [5.74, 6) is -0.955. The molecule has 1 saturated heterocycles. The van der Waals surface area contributed by atoms with Gasteiger partial charge >= 0.3 is 0 Å². The Labute approximate surface area is 174 Å². The third kappa shape index (κ3) is 5.53. The Hall–Kier alpha value is -2.02. The molecule has 29 heavy (non-hydrogen) atoms. The van der Waals surface area contributed by atoms with Crippen molar-refractivity contribution in [3.8, 4) is 0 Å². The number of methoxy groups -OCH3 is 1. The van der Waals surface area contributed by atoms with Gasteiger partial charge in [0.25, 0.3) is 0 Å². The van der Waals surface area contributed by atoms with Crippen LogP contribution in [0.2, 0.25) is 5.02 Å². The van der Waals surface area contributed by atoms with Crippen molar-refractivity contribution in [2.45, 2.75) is 43.9 Å². The fourth-order valence-electron chi connectivity index (χ4n) is 3.68. The van der Waals surface area contributed by atoms with Crippen molar-refractivity contribution in [2.75, 3.05) is 13.7 Å². The molecule has 1 fully saturated rings. The van der Waals surface area contributed by atoms with E-state index in [1.807, 2.05) is 6.92 Å². The van der Waals surface area contributed by atoms with Gasteiger partial charge in [-0.15, -0.1) is 0 Å². The van der Waals surface area contributed by atoms with Gasteiger partial charge in [0.15, 0.2) is 0 Å². The molecule has 2 aromatic rings. The third-order valence-corrected chi connectivity index (χ3v) is 5.42. The van der Waals surface area contributed by atoms with E-state index in [4.69, 9.17) is 21.1 Å². The molecule has 0 radical (unpaired) electrons. The summed E-state index contributed by atoms with van der Waals surface area (Å²) in [6.07, 6.45) is 0.477. The summed E-state index contributed by atoms with van der Waals surface area (Å²) in [4.78, 5) is 12.4. The minimum atomic E-state index is -0.576. The van der Waals surface area contributed by atoms with Gasteiger partial charge in [-0.1, -0.05) is 29.8 Å². The molecule has 1 aliphatic heterocycles. The Morgan fingerprint density at radius 3 is 2.41 bits per heavy atom. The largest absolute Gasteiger partial charge is 0.384 e. The Morgan fingerprint density at radius 2 is 1.79 bits per heavy atom. The van der Waals surface area contributed by atoms with E-state index in [1.54, 1.807) is 31.4 Å². The maximum Gasteiger partial charge on any atom is 0.222 e. The Balaban J connectivity index is 1.88. The van der Waals surface area contributed by atoms with Crippen molar-refractivity contribution < 1.29 is 23.0 Å². The van der Waals surface area contributed by atoms with Crippen molar-refractivity contribution in [3.63, 3.8) is 0 Å². The molecule has 156 valence electrons. The highest BCUT2D eigenvalue weighted by Crippen LogP contribution is 2.44. The van der Waals surface area contributed by atoms with Crippen LogP contribution in [0.15, 0.2) is 42.5 Å². The van der Waals surface area contributed by atoms with Crippen LogP contribution >= 0.6 is 11.6 Å². The molecule has 0 aliphatic carbocycles. The molecule has 3 rings (SSSR count). The van der Waals surface area contributed by atoms with Crippen LogP contribution in [0.1, 0.15) is 49.5 Å². The van der Waals surface area contributed by atoms with Gasteiger partial charge in [0.2, 0.25) is 5.91 Å². The topological polar surface area (TPSA) is 47.6 Å². The summed E-state index contributed by atoms with van der Waals surface area (Å²) in [5, 5.41) is 3.10. The zero-order chi connectivity index (χ0) is 21.0. The molecule has 1 N–H and O–H groups in total. The van der Waals surface area contributed by atoms with Gasteiger partial charge < -0.3 is 14.8 Å². The predicted octanol–water partition coefficient (Wildman–Crippen LogP) is 5.12. The van der Waals surface area contributed by atoms with Crippen LogP contribution in [0.4, 0.5) is 8.78 Å². The fourth-order valence-corrected chi connectivity index (χ4v) is 3.86. The van der Waals surface area contributed by atoms with Crippen LogP contribution < -0.4 is 5.32 Å². The highest BCUT2D eigenvalue weighted by molar-refractivity contribution is 6.30. The first kappa shape index (κ1) is 21.7. The van der Waals surface area contributed by atoms with E-state index in [9.17, 15) is 13.6 Å². The molecule has 1 aliphatic rings. The van der Waals surface area contributed by atoms with Crippen LogP contribution in [-0.2, 0) is 14.3 Å². The lowest BCUT2D eigenvalue weighted by atomic mass is 9.81. The number of amides is 1. The van der Waals surface area contributed by atoms with Gasteiger partial charge in [-0.05, 0) is 42.3 Å². The number of hydrogen-bond donors (Lipinski definition) is 1. The van der Waals surface area contributed by atoms with Gasteiger partial charge in [-0.3, -0.25) is 4.79 Å². The third-order valence-electron chi connectivity index (χ3n) is 5.13. The van der Waals surface area contributed by atoms with Crippen LogP contribution in [0.5, 0.6) is 0 Å². The van der Waals surface area contributed by atoms with Crippen molar-refractivity contribution in [1.29, 1.82) is 0 Å². The number of halogens is 3. The summed E-state index contributed by atoms with van der Waals surface area (Å²) < 4.78 is 38.2. The van der Waals surface area contributed by atoms with E-state index in [0.717, 1.165) is 11.1 Å². The predicted molar refractivity (Wildman–Crippen MR) is 107 cm³/mol. The van der Waals surface area contributed by atoms with Gasteiger partial charge in [-0.2, -0.15) is 0 Å². The molecule has 0 saturated carbocycles. The van der Waals surface area contributed by atoms with E-state index < -0.39 is 17.5 Å². The molecule has 7 heteroatoms. The summed E-state index contributed by atoms with van der Waals surface area (Å²) >= 11 is 5.96. The lowest BCUT2D eigenvalue weighted by Crippen LogP contribution is -2.51. The second-order valence-electron chi connectivity index (χ2n) is 7.60. The first-order valence-electron chi connectivity index (χ1n) is 9.45. The molecule has 0 aromatic heterocycles. The molecule has 0 unspecified atom stereocenters. The molecular weight excluding hydrogens is 400 g/mol. The van der Waals surface area contributed by atoms with E-state index in [0.29, 0.717) is 19.4 Å². The van der Waals surface area contributed by atoms with E-state index in [-0.39, 0.29) is 29.3 Å². The summed E-state index contributed by atoms with van der Waals surface area (Å²) in [7, 11) is 1.54. The number of hydrogen-bond acceptors (Lipinski definition) is 3. The second-order valence-corrected chi connectivity index (χ2v) is 8.01. The van der Waals surface area contributed by atoms with Gasteiger partial charge in [0.05, 0.1) is 23.8 Å². The molecule has 1 heterocycles. The van der Waals surface area contributed by atoms with Crippen molar-refractivity contribution in [1.82, 2.24) is 5.32 Å². The van der Waals surface area contributed by atoms with Crippen molar-refractivity contribution >= 4 is 17.5 Å². The molecule has 1 amide bonds. The van der Waals surface area contributed by atoms with Crippen molar-refractivity contribution in [3.05, 3.63) is 70.2 Å². The molecular formula is C22H24ClF2NO3. The Morgan fingerprint density at radius 1 is 1.17 bits per heavy atom. The zero-order valence-electron chi connectivity index (χ0n) is 16.4. The van der Waals surface area contributed by atoms with Crippen LogP contribution in [0.25, 0.3) is 0 Å². The maximum absolute atomic E-state index is 13.6. The van der Waals surface area contributed by atoms with Gasteiger partial charge in [-0.25, -0.2) is 8.78 Å². The number of rotatable bonds is 6. The second kappa shape index (κ2) is 9.20. The highest BCUT2D eigenvalue weighted by Gasteiger charge is 2.40. The number of nitrogens with one attached hydrogen (secondary N) is 1. The van der Waals surface area contributed by atoms with E-state index in [1.165, 1.54) is 18.2 Å². The number of ether oxygens (including phenoxy) is 2. The van der Waals surface area contributed by atoms with Crippen LogP contribution in [0.3, 0.4) is 0 Å². The minimum Gasteiger partial charge on any atom is -0.384 e. The van der Waals surface area contributed by atoms with Crippen molar-refractivity contribution in [2.24, 2.45) is 0 Å². The first-order valence-corrected chi connectivity index (χ1v) is 9.83. The lowest BCUT2D eigenvalue weighted by Gasteiger charge is -2.43. The molecule has 0 spiro atoms. The zero-order valence-corrected chi connectivity index (χ0v) is 17.1. The minimum absolute atomic E-state index is 0.0147. The quantitative estimate of drug-likeness (QED) is 0.701. The van der Waals surface area contributed by atoms with Crippen LogP contribution in [0, 0.1) is 11.6 Å². The average Bonchev–Trinajstić information content (AvgIpc) is 2.68. The molecule has 3 atom stereocenters. The van der Waals surface area contributed by atoms with E-state index >= 15 is 0 Å². The molecule has 4 nitrogen and oxygen atoms in total. The fraction of sp³-hybridized carbons (Fsp3) is 0.409. The number of benzene rings is 2. The smallest absolute Gasteiger partial charge is 0.222 e. The Kier molecular flexibility index (Phi) is 6.88. The van der Waals surface area contributed by atoms with Gasteiger partial charge in [0.1, 0.15) is 11.6 Å². The summed E-state index contributed by atoms with van der Waals surface area (Å²) in [6, 6.07) is 10.6. The monoisotopic (exact) mass is 423 g/mol. The van der Waals surface area contributed by atoms with Gasteiger partial charge in [0, 0.05) is 31.9 Å². The van der Waals surface area contributed by atoms with Crippen LogP contribution in [-0.4, -0.2) is 25.2 Å². The normalized spacial score (nSPS) is 24.3. The summed E-state index contributed by atoms with van der Waals surface area (Å²) in [6.45, 7) is 2.28. The molecule has 0 bridgehead atoms. The maximum atomic E-state index is 13.6. The SMILES string of the molecule is COCCC(=O)N[C@@]1(C)C[C@@H](c2ccc(F)cc2)O[C@@H](c2ccc(F)c(Cl)c2)C1. The lowest BCUT2D eigenvalue weighted by molar-refractivity contribution is -0.129. The number of carbonyl (C=O) groups excluding carboxylic acids is 1. The first-order chi connectivity index (χ1) is 13.8.